The number of hydrogen-bond acceptors (Lipinski definition) is 3. The zero-order valence-corrected chi connectivity index (χ0v) is 6.03. The highest BCUT2D eigenvalue weighted by Gasteiger charge is 2.05. The Morgan fingerprint density at radius 2 is 2.45 bits per heavy atom. The molecule has 0 radical (unpaired) electrons. The van der Waals surface area contributed by atoms with Gasteiger partial charge in [-0.1, -0.05) is 0 Å². The Kier molecular flexibility index (Phi) is 1.67. The number of aromatic nitrogens is 2. The molecule has 0 fully saturated rings. The Hall–Kier alpha value is -1.72. The number of rotatable bonds is 1. The second-order valence-corrected chi connectivity index (χ2v) is 2.06. The first-order valence-electron chi connectivity index (χ1n) is 2.95. The van der Waals surface area contributed by atoms with E-state index in [1.165, 1.54) is 10.9 Å². The van der Waals surface area contributed by atoms with Gasteiger partial charge >= 0.3 is 6.03 Å². The molecule has 0 bridgehead atoms. The van der Waals surface area contributed by atoms with Crippen molar-refractivity contribution in [1.29, 1.82) is 0 Å². The summed E-state index contributed by atoms with van der Waals surface area (Å²) in [6.45, 7) is 0. The lowest BCUT2D eigenvalue weighted by Crippen LogP contribution is -2.21. The summed E-state index contributed by atoms with van der Waals surface area (Å²) in [7, 11) is 1.65. The van der Waals surface area contributed by atoms with Crippen LogP contribution >= 0.6 is 0 Å². The van der Waals surface area contributed by atoms with Gasteiger partial charge in [-0.2, -0.15) is 5.10 Å². The van der Waals surface area contributed by atoms with Crippen molar-refractivity contribution < 1.29 is 4.79 Å². The summed E-state index contributed by atoms with van der Waals surface area (Å²) in [4.78, 5) is 10.4. The average molecular weight is 155 g/mol. The molecule has 0 aliphatic rings. The number of anilines is 2. The van der Waals surface area contributed by atoms with Crippen LogP contribution in [-0.2, 0) is 7.05 Å². The number of urea groups is 1. The molecule has 1 aromatic rings. The van der Waals surface area contributed by atoms with E-state index >= 15 is 0 Å². The molecule has 1 heterocycles. The van der Waals surface area contributed by atoms with Gasteiger partial charge in [0.1, 0.15) is 0 Å². The van der Waals surface area contributed by atoms with Gasteiger partial charge < -0.3 is 11.5 Å². The molecule has 0 aliphatic heterocycles. The van der Waals surface area contributed by atoms with Crippen molar-refractivity contribution in [1.82, 2.24) is 9.78 Å². The summed E-state index contributed by atoms with van der Waals surface area (Å²) < 4.78 is 1.43. The first kappa shape index (κ1) is 7.39. The van der Waals surface area contributed by atoms with Crippen molar-refractivity contribution in [3.8, 4) is 0 Å². The molecule has 0 aliphatic carbocycles. The van der Waals surface area contributed by atoms with Crippen LogP contribution in [0.2, 0.25) is 0 Å². The summed E-state index contributed by atoms with van der Waals surface area (Å²) in [5.74, 6) is 0.414. The zero-order valence-electron chi connectivity index (χ0n) is 6.03. The molecule has 11 heavy (non-hydrogen) atoms. The number of aryl methyl sites for hydroxylation is 1. The fourth-order valence-corrected chi connectivity index (χ4v) is 0.724. The lowest BCUT2D eigenvalue weighted by molar-refractivity contribution is 0.259. The van der Waals surface area contributed by atoms with Gasteiger partial charge in [0.15, 0.2) is 5.82 Å². The van der Waals surface area contributed by atoms with E-state index < -0.39 is 6.03 Å². The second-order valence-electron chi connectivity index (χ2n) is 2.06. The molecule has 1 aromatic heterocycles. The molecule has 2 amide bonds. The first-order valence-corrected chi connectivity index (χ1v) is 2.95. The smallest absolute Gasteiger partial charge is 0.317 e. The molecule has 60 valence electrons. The largest absolute Gasteiger partial charge is 0.394 e. The molecular weight excluding hydrogens is 146 g/mol. The Morgan fingerprint density at radius 3 is 2.82 bits per heavy atom. The predicted molar refractivity (Wildman–Crippen MR) is 40.8 cm³/mol. The summed E-state index contributed by atoms with van der Waals surface area (Å²) in [5.41, 5.74) is 10.7. The number of carbonyl (C=O) groups excluding carboxylic acids is 1. The van der Waals surface area contributed by atoms with Crippen molar-refractivity contribution in [2.45, 2.75) is 0 Å². The topological polar surface area (TPSA) is 99.0 Å². The monoisotopic (exact) mass is 155 g/mol. The molecule has 0 saturated carbocycles. The van der Waals surface area contributed by atoms with E-state index in [2.05, 4.69) is 10.4 Å². The van der Waals surface area contributed by atoms with E-state index in [1.54, 1.807) is 7.05 Å². The lowest BCUT2D eigenvalue weighted by atomic mass is 10.5. The van der Waals surface area contributed by atoms with Gasteiger partial charge in [-0.15, -0.1) is 0 Å². The highest BCUT2D eigenvalue weighted by atomic mass is 16.2. The zero-order chi connectivity index (χ0) is 8.43. The minimum atomic E-state index is -0.652. The number of nitrogens with two attached hydrogens (primary N) is 2. The molecule has 0 unspecified atom stereocenters. The van der Waals surface area contributed by atoms with Gasteiger partial charge in [0.2, 0.25) is 0 Å². The lowest BCUT2D eigenvalue weighted by Gasteiger charge is -2.01. The van der Waals surface area contributed by atoms with Gasteiger partial charge in [0.05, 0.1) is 11.9 Å². The van der Waals surface area contributed by atoms with Crippen LogP contribution in [0, 0.1) is 0 Å². The minimum absolute atomic E-state index is 0.395. The third-order valence-corrected chi connectivity index (χ3v) is 1.21. The molecule has 6 nitrogen and oxygen atoms in total. The van der Waals surface area contributed by atoms with E-state index in [4.69, 9.17) is 11.5 Å². The number of nitrogen functional groups attached to an aromatic ring is 1. The van der Waals surface area contributed by atoms with Crippen LogP contribution in [0.25, 0.3) is 0 Å². The number of hydrogen-bond donors (Lipinski definition) is 3. The molecule has 0 spiro atoms. The summed E-state index contributed by atoms with van der Waals surface area (Å²) in [5, 5.41) is 6.13. The van der Waals surface area contributed by atoms with Crippen molar-refractivity contribution >= 4 is 17.5 Å². The molecule has 6 heteroatoms. The van der Waals surface area contributed by atoms with Crippen LogP contribution < -0.4 is 16.8 Å². The summed E-state index contributed by atoms with van der Waals surface area (Å²) in [6, 6.07) is -0.652. The molecule has 0 saturated heterocycles. The van der Waals surface area contributed by atoms with Gasteiger partial charge in [-0.25, -0.2) is 4.79 Å². The minimum Gasteiger partial charge on any atom is -0.394 e. The second kappa shape index (κ2) is 2.49. The Bertz CT molecular complexity index is 259. The Labute approximate surface area is 63.2 Å². The third-order valence-electron chi connectivity index (χ3n) is 1.21. The van der Waals surface area contributed by atoms with Crippen LogP contribution in [-0.4, -0.2) is 15.8 Å². The van der Waals surface area contributed by atoms with Crippen LogP contribution in [0.1, 0.15) is 0 Å². The fraction of sp³-hybridized carbons (Fsp3) is 0.200. The van der Waals surface area contributed by atoms with E-state index in [0.29, 0.717) is 11.5 Å². The molecule has 1 rings (SSSR count). The SMILES string of the molecule is Cn1ncc(N)c1NC(N)=O. The van der Waals surface area contributed by atoms with Gasteiger partial charge in [0.25, 0.3) is 0 Å². The summed E-state index contributed by atoms with van der Waals surface area (Å²) >= 11 is 0. The van der Waals surface area contributed by atoms with Gasteiger partial charge in [-0.3, -0.25) is 10.00 Å². The average Bonchev–Trinajstić information content (AvgIpc) is 2.18. The van der Waals surface area contributed by atoms with E-state index in [1.807, 2.05) is 0 Å². The third kappa shape index (κ3) is 1.40. The fourth-order valence-electron chi connectivity index (χ4n) is 0.724. The van der Waals surface area contributed by atoms with Crippen LogP contribution in [0.4, 0.5) is 16.3 Å². The van der Waals surface area contributed by atoms with Gasteiger partial charge in [0, 0.05) is 7.05 Å². The Balaban J connectivity index is 2.92. The van der Waals surface area contributed by atoms with Crippen molar-refractivity contribution in [2.24, 2.45) is 12.8 Å². The van der Waals surface area contributed by atoms with E-state index in [-0.39, 0.29) is 0 Å². The van der Waals surface area contributed by atoms with E-state index in [0.717, 1.165) is 0 Å². The maximum Gasteiger partial charge on any atom is 0.317 e. The maximum atomic E-state index is 10.4. The van der Waals surface area contributed by atoms with Gasteiger partial charge in [-0.05, 0) is 0 Å². The summed E-state index contributed by atoms with van der Waals surface area (Å²) in [6.07, 6.45) is 1.44. The molecule has 0 aromatic carbocycles. The van der Waals surface area contributed by atoms with Crippen LogP contribution in [0.3, 0.4) is 0 Å². The molecule has 0 atom stereocenters. The number of carbonyl (C=O) groups is 1. The maximum absolute atomic E-state index is 10.4. The predicted octanol–water partition coefficient (Wildman–Crippen LogP) is -0.507. The normalized spacial score (nSPS) is 9.55. The van der Waals surface area contributed by atoms with Crippen LogP contribution in [0.5, 0.6) is 0 Å². The first-order chi connectivity index (χ1) is 5.11. The number of nitrogens with zero attached hydrogens (tertiary/aromatic N) is 2. The quantitative estimate of drug-likeness (QED) is 0.509. The standard InChI is InChI=1S/C5H9N5O/c1-10-4(9-5(7)11)3(6)2-8-10/h2H,6H2,1H3,(H3,7,9,11). The highest BCUT2D eigenvalue weighted by molar-refractivity contribution is 5.89. The molecule has 5 N–H and O–H groups in total. The highest BCUT2D eigenvalue weighted by Crippen LogP contribution is 2.14. The van der Waals surface area contributed by atoms with Crippen molar-refractivity contribution in [3.63, 3.8) is 0 Å². The van der Waals surface area contributed by atoms with E-state index in [9.17, 15) is 4.79 Å². The number of amides is 2. The molecular formula is C5H9N5O. The number of primary amides is 1. The number of nitrogens with one attached hydrogen (secondary N) is 1. The van der Waals surface area contributed by atoms with Crippen LogP contribution in [0.15, 0.2) is 6.20 Å². The Morgan fingerprint density at radius 1 is 1.82 bits per heavy atom. The van der Waals surface area contributed by atoms with Crippen molar-refractivity contribution in [3.05, 3.63) is 6.20 Å². The van der Waals surface area contributed by atoms with Crippen molar-refractivity contribution in [2.75, 3.05) is 11.1 Å².